The van der Waals surface area contributed by atoms with Crippen molar-refractivity contribution in [1.29, 1.82) is 0 Å². The Morgan fingerprint density at radius 2 is 1.17 bits per heavy atom. The van der Waals surface area contributed by atoms with Gasteiger partial charge in [0, 0.05) is 0 Å². The number of benzene rings is 4. The van der Waals surface area contributed by atoms with Gasteiger partial charge in [0.25, 0.3) is 0 Å². The summed E-state index contributed by atoms with van der Waals surface area (Å²) >= 11 is 0. The van der Waals surface area contributed by atoms with E-state index >= 15 is 0 Å². The molecular weight excluding hydrogens is 553 g/mol. The molecular formula is C46H58. The molecule has 0 atom stereocenters. The van der Waals surface area contributed by atoms with E-state index in [0.29, 0.717) is 0 Å². The van der Waals surface area contributed by atoms with Gasteiger partial charge in [-0.25, -0.2) is 0 Å². The zero-order valence-electron chi connectivity index (χ0n) is 28.7. The molecule has 0 aliphatic carbocycles. The molecule has 0 spiro atoms. The fourth-order valence-electron chi connectivity index (χ4n) is 4.04. The van der Waals surface area contributed by atoms with E-state index in [-0.39, 0.29) is 7.43 Å². The molecule has 0 heteroatoms. The fourth-order valence-corrected chi connectivity index (χ4v) is 4.04. The number of rotatable bonds is 9. The third-order valence-corrected chi connectivity index (χ3v) is 6.50. The predicted octanol–water partition coefficient (Wildman–Crippen LogP) is 14.2. The summed E-state index contributed by atoms with van der Waals surface area (Å²) in [4.78, 5) is 0. The fraction of sp³-hybridized carbons (Fsp3) is 0.217. The topological polar surface area (TPSA) is 0 Å². The quantitative estimate of drug-likeness (QED) is 0.165. The van der Waals surface area contributed by atoms with Gasteiger partial charge < -0.3 is 0 Å². The lowest BCUT2D eigenvalue weighted by atomic mass is 10.0. The maximum absolute atomic E-state index is 3.72. The first kappa shape index (κ1) is 41.3. The van der Waals surface area contributed by atoms with Crippen LogP contribution < -0.4 is 0 Å². The number of hydrogen-bond acceptors (Lipinski definition) is 0. The molecule has 46 heavy (non-hydrogen) atoms. The third kappa shape index (κ3) is 18.2. The molecule has 0 amide bonds. The molecule has 0 saturated carbocycles. The molecule has 0 aliphatic heterocycles. The molecule has 0 aromatic heterocycles. The van der Waals surface area contributed by atoms with E-state index < -0.39 is 0 Å². The molecule has 0 bridgehead atoms. The first-order valence-electron chi connectivity index (χ1n) is 16.1. The SMILES string of the molecule is C.C=C/C=C(\C=C/CC)c1ccccc1.CC.C\C=C/C=C(C)\C=C\Cc1ccc(C)cc1.Cc1ccc(-c2ccccc2)cc1. The van der Waals surface area contributed by atoms with Crippen LogP contribution in [0.5, 0.6) is 0 Å². The predicted molar refractivity (Wildman–Crippen MR) is 211 cm³/mol. The van der Waals surface area contributed by atoms with Gasteiger partial charge in [0.05, 0.1) is 0 Å². The molecule has 4 aromatic carbocycles. The van der Waals surface area contributed by atoms with Gasteiger partial charge in [-0.3, -0.25) is 0 Å². The van der Waals surface area contributed by atoms with Crippen LogP contribution in [0.2, 0.25) is 0 Å². The van der Waals surface area contributed by atoms with Gasteiger partial charge in [0.15, 0.2) is 0 Å². The summed E-state index contributed by atoms with van der Waals surface area (Å²) in [7, 11) is 0. The van der Waals surface area contributed by atoms with Crippen LogP contribution in [0.25, 0.3) is 16.7 Å². The smallest absolute Gasteiger partial charge is 0.00942 e. The highest BCUT2D eigenvalue weighted by Crippen LogP contribution is 2.19. The largest absolute Gasteiger partial charge is 0.0990 e. The van der Waals surface area contributed by atoms with Crippen LogP contribution in [0, 0.1) is 13.8 Å². The van der Waals surface area contributed by atoms with Crippen molar-refractivity contribution in [3.05, 3.63) is 198 Å². The Labute approximate surface area is 283 Å². The summed E-state index contributed by atoms with van der Waals surface area (Å²) in [6.07, 6.45) is 20.8. The van der Waals surface area contributed by atoms with Gasteiger partial charge in [-0.2, -0.15) is 0 Å². The average molecular weight is 611 g/mol. The Bertz CT molecular complexity index is 1460. The van der Waals surface area contributed by atoms with Gasteiger partial charge >= 0.3 is 0 Å². The lowest BCUT2D eigenvalue weighted by Crippen LogP contribution is -1.81. The lowest BCUT2D eigenvalue weighted by Gasteiger charge is -2.00. The molecule has 4 aromatic rings. The van der Waals surface area contributed by atoms with Crippen molar-refractivity contribution in [2.75, 3.05) is 0 Å². The van der Waals surface area contributed by atoms with Crippen molar-refractivity contribution in [2.45, 2.75) is 68.7 Å². The van der Waals surface area contributed by atoms with Crippen molar-refractivity contribution >= 4 is 5.57 Å². The molecule has 0 nitrogen and oxygen atoms in total. The molecule has 0 heterocycles. The Morgan fingerprint density at radius 1 is 0.652 bits per heavy atom. The van der Waals surface area contributed by atoms with Crippen LogP contribution in [-0.4, -0.2) is 0 Å². The highest BCUT2D eigenvalue weighted by Gasteiger charge is 1.95. The average Bonchev–Trinajstić information content (AvgIpc) is 3.09. The minimum absolute atomic E-state index is 0. The lowest BCUT2D eigenvalue weighted by molar-refractivity contribution is 1.22. The van der Waals surface area contributed by atoms with Gasteiger partial charge in [-0.05, 0) is 68.4 Å². The second-order valence-electron chi connectivity index (χ2n) is 10.3. The van der Waals surface area contributed by atoms with E-state index in [2.05, 4.69) is 156 Å². The van der Waals surface area contributed by atoms with Gasteiger partial charge in [0.1, 0.15) is 0 Å². The van der Waals surface area contributed by atoms with Crippen molar-refractivity contribution in [3.63, 3.8) is 0 Å². The third-order valence-electron chi connectivity index (χ3n) is 6.50. The Kier molecular flexibility index (Phi) is 24.0. The number of hydrogen-bond donors (Lipinski definition) is 0. The van der Waals surface area contributed by atoms with Crippen LogP contribution >= 0.6 is 0 Å². The van der Waals surface area contributed by atoms with Crippen molar-refractivity contribution in [3.8, 4) is 11.1 Å². The summed E-state index contributed by atoms with van der Waals surface area (Å²) in [5, 5.41) is 0. The van der Waals surface area contributed by atoms with E-state index in [1.807, 2.05) is 63.3 Å². The van der Waals surface area contributed by atoms with Gasteiger partial charge in [-0.15, -0.1) is 0 Å². The zero-order chi connectivity index (χ0) is 33.1. The highest BCUT2D eigenvalue weighted by atomic mass is 14.0. The number of aryl methyl sites for hydroxylation is 2. The molecule has 0 radical (unpaired) electrons. The second kappa shape index (κ2) is 26.7. The summed E-state index contributed by atoms with van der Waals surface area (Å²) in [5.74, 6) is 0. The summed E-state index contributed by atoms with van der Waals surface area (Å²) in [6.45, 7) is 18.2. The summed E-state index contributed by atoms with van der Waals surface area (Å²) < 4.78 is 0. The van der Waals surface area contributed by atoms with Crippen molar-refractivity contribution in [2.24, 2.45) is 0 Å². The van der Waals surface area contributed by atoms with Crippen LogP contribution in [0.3, 0.4) is 0 Å². The maximum Gasteiger partial charge on any atom is -0.00942 e. The minimum Gasteiger partial charge on any atom is -0.0990 e. The van der Waals surface area contributed by atoms with E-state index in [1.165, 1.54) is 44.5 Å². The molecule has 0 N–H and O–H groups in total. The Morgan fingerprint density at radius 3 is 1.70 bits per heavy atom. The second-order valence-corrected chi connectivity index (χ2v) is 10.3. The van der Waals surface area contributed by atoms with Crippen molar-refractivity contribution in [1.82, 2.24) is 0 Å². The van der Waals surface area contributed by atoms with Crippen LogP contribution in [-0.2, 0) is 6.42 Å². The summed E-state index contributed by atoms with van der Waals surface area (Å²) in [6, 6.07) is 38.0. The molecule has 0 fully saturated rings. The van der Waals surface area contributed by atoms with E-state index in [4.69, 9.17) is 0 Å². The van der Waals surface area contributed by atoms with Crippen molar-refractivity contribution < 1.29 is 0 Å². The Hall–Kier alpha value is -4.68. The van der Waals surface area contributed by atoms with Gasteiger partial charge in [-0.1, -0.05) is 215 Å². The highest BCUT2D eigenvalue weighted by molar-refractivity contribution is 5.75. The maximum atomic E-state index is 3.72. The van der Waals surface area contributed by atoms with Crippen LogP contribution in [0.1, 0.15) is 70.7 Å². The van der Waals surface area contributed by atoms with Gasteiger partial charge in [0.2, 0.25) is 0 Å². The summed E-state index contributed by atoms with van der Waals surface area (Å²) in [5.41, 5.74) is 10.3. The first-order chi connectivity index (χ1) is 22.0. The van der Waals surface area contributed by atoms with Crippen LogP contribution in [0.4, 0.5) is 0 Å². The zero-order valence-corrected chi connectivity index (χ0v) is 28.7. The standard InChI is InChI=1S/C16H20.C14H16.C13H12.C2H6.CH4/c1-4-5-7-14(2)8-6-9-16-12-10-15(3)11-13-16;1-3-5-10-13(9-4-2)14-11-7-6-8-12-14;1-11-7-9-13(10-8-11)12-5-3-2-4-6-12;1-2;/h4-8,10-13H,9H2,1-3H3;4-12H,2-3H2,1H3;2-10H,1H3;1-2H3;1H4/b5-4-,8-6+,14-7-;10-5-,13-9+;;;. The van der Waals surface area contributed by atoms with E-state index in [9.17, 15) is 0 Å². The monoisotopic (exact) mass is 610 g/mol. The minimum atomic E-state index is 0. The molecule has 0 saturated heterocycles. The number of allylic oxidation sites excluding steroid dienone is 11. The van der Waals surface area contributed by atoms with E-state index in [1.54, 1.807) is 0 Å². The van der Waals surface area contributed by atoms with Crippen LogP contribution in [0.15, 0.2) is 176 Å². The first-order valence-corrected chi connectivity index (χ1v) is 16.1. The normalized spacial score (nSPS) is 11.0. The molecule has 242 valence electrons. The Balaban J connectivity index is 0.000000638. The molecule has 0 aliphatic rings. The molecule has 4 rings (SSSR count). The molecule has 0 unspecified atom stereocenters. The van der Waals surface area contributed by atoms with E-state index in [0.717, 1.165) is 12.8 Å².